The number of nitriles is 1. The van der Waals surface area contributed by atoms with Crippen LogP contribution in [0.25, 0.3) is 17.2 Å². The lowest BCUT2D eigenvalue weighted by Gasteiger charge is -2.14. The molecule has 4 aromatic carbocycles. The average Bonchev–Trinajstić information content (AvgIpc) is 3.51. The van der Waals surface area contributed by atoms with Crippen LogP contribution in [0.3, 0.4) is 0 Å². The van der Waals surface area contributed by atoms with Crippen LogP contribution in [0.2, 0.25) is 0 Å². The molecule has 9 heteroatoms. The van der Waals surface area contributed by atoms with E-state index in [1.807, 2.05) is 72.1 Å². The Morgan fingerprint density at radius 3 is 2.19 bits per heavy atom. The molecule has 0 radical (unpaired) electrons. The molecule has 1 atom stereocenters. The number of thiophene rings is 1. The summed E-state index contributed by atoms with van der Waals surface area (Å²) in [4.78, 5) is 40.6. The molecule has 0 aliphatic heterocycles. The molecule has 0 saturated carbocycles. The molecule has 240 valence electrons. The smallest absolute Gasteiger partial charge is 0.272 e. The Kier molecular flexibility index (Phi) is 11.2. The molecule has 5 aromatic rings. The summed E-state index contributed by atoms with van der Waals surface area (Å²) in [5.41, 5.74) is 5.08. The fourth-order valence-electron chi connectivity index (χ4n) is 4.79. The van der Waals surface area contributed by atoms with Crippen molar-refractivity contribution in [2.75, 3.05) is 10.6 Å². The van der Waals surface area contributed by atoms with Crippen LogP contribution >= 0.6 is 23.1 Å². The summed E-state index contributed by atoms with van der Waals surface area (Å²) in [6, 6.07) is 35.5. The molecule has 0 fully saturated rings. The lowest BCUT2D eigenvalue weighted by Crippen LogP contribution is -2.30. The van der Waals surface area contributed by atoms with Gasteiger partial charge in [0.15, 0.2) is 0 Å². The summed E-state index contributed by atoms with van der Waals surface area (Å²) in [5, 5.41) is 20.3. The van der Waals surface area contributed by atoms with Crippen molar-refractivity contribution in [3.8, 4) is 17.2 Å². The third-order valence-electron chi connectivity index (χ3n) is 7.44. The van der Waals surface area contributed by atoms with Crippen LogP contribution in [-0.4, -0.2) is 23.0 Å². The second kappa shape index (κ2) is 15.9. The van der Waals surface area contributed by atoms with E-state index in [-0.39, 0.29) is 11.6 Å². The third-order valence-corrected chi connectivity index (χ3v) is 9.43. The van der Waals surface area contributed by atoms with Gasteiger partial charge in [0.1, 0.15) is 16.8 Å². The highest BCUT2D eigenvalue weighted by atomic mass is 32.2. The van der Waals surface area contributed by atoms with Gasteiger partial charge in [-0.3, -0.25) is 14.4 Å². The number of hydrogen-bond donors (Lipinski definition) is 3. The fraction of sp³-hybridized carbons (Fsp3) is 0.128. The molecule has 0 bridgehead atoms. The first kappa shape index (κ1) is 33.9. The lowest BCUT2D eigenvalue weighted by atomic mass is 10.0. The second-order valence-electron chi connectivity index (χ2n) is 11.3. The summed E-state index contributed by atoms with van der Waals surface area (Å²) in [5.74, 6) is -0.775. The second-order valence-corrected chi connectivity index (χ2v) is 13.6. The normalized spacial score (nSPS) is 11.8. The van der Waals surface area contributed by atoms with Gasteiger partial charge >= 0.3 is 0 Å². The van der Waals surface area contributed by atoms with Crippen LogP contribution in [0.1, 0.15) is 53.7 Å². The van der Waals surface area contributed by atoms with Gasteiger partial charge in [0.25, 0.3) is 11.8 Å². The summed E-state index contributed by atoms with van der Waals surface area (Å²) < 4.78 is 0. The summed E-state index contributed by atoms with van der Waals surface area (Å²) in [7, 11) is 0. The number of benzene rings is 4. The van der Waals surface area contributed by atoms with Crippen LogP contribution in [0.15, 0.2) is 125 Å². The molecule has 0 aliphatic rings. The molecular formula is C39H34N4O3S2. The number of anilines is 2. The highest BCUT2D eigenvalue weighted by molar-refractivity contribution is 8.00. The van der Waals surface area contributed by atoms with Crippen molar-refractivity contribution in [3.05, 3.63) is 143 Å². The van der Waals surface area contributed by atoms with E-state index in [4.69, 9.17) is 0 Å². The molecule has 1 aromatic heterocycles. The van der Waals surface area contributed by atoms with Crippen molar-refractivity contribution in [3.63, 3.8) is 0 Å². The molecule has 1 unspecified atom stereocenters. The highest BCUT2D eigenvalue weighted by Crippen LogP contribution is 2.36. The number of hydrogen-bond acceptors (Lipinski definition) is 6. The van der Waals surface area contributed by atoms with Gasteiger partial charge in [-0.25, -0.2) is 0 Å². The zero-order valence-corrected chi connectivity index (χ0v) is 28.3. The van der Waals surface area contributed by atoms with Crippen molar-refractivity contribution in [2.45, 2.75) is 36.8 Å². The van der Waals surface area contributed by atoms with E-state index in [0.29, 0.717) is 27.7 Å². The summed E-state index contributed by atoms with van der Waals surface area (Å²) in [6.45, 7) is 6.01. The van der Waals surface area contributed by atoms with E-state index < -0.39 is 17.1 Å². The third kappa shape index (κ3) is 8.68. The van der Waals surface area contributed by atoms with E-state index in [1.54, 1.807) is 55.5 Å². The Bertz CT molecular complexity index is 1980. The minimum atomic E-state index is -0.501. The van der Waals surface area contributed by atoms with Crippen molar-refractivity contribution < 1.29 is 14.4 Å². The highest BCUT2D eigenvalue weighted by Gasteiger charge is 2.20. The van der Waals surface area contributed by atoms with Crippen LogP contribution in [0, 0.1) is 11.3 Å². The first-order valence-electron chi connectivity index (χ1n) is 15.4. The molecule has 0 saturated heterocycles. The molecule has 0 spiro atoms. The molecule has 7 nitrogen and oxygen atoms in total. The van der Waals surface area contributed by atoms with Gasteiger partial charge in [0.2, 0.25) is 5.91 Å². The first-order chi connectivity index (χ1) is 23.2. The Balaban J connectivity index is 1.29. The van der Waals surface area contributed by atoms with Gasteiger partial charge in [-0.1, -0.05) is 92.7 Å². The Morgan fingerprint density at radius 1 is 0.833 bits per heavy atom. The first-order valence-corrected chi connectivity index (χ1v) is 17.1. The molecule has 3 N–H and O–H groups in total. The van der Waals surface area contributed by atoms with Crippen LogP contribution in [-0.2, 0) is 9.59 Å². The summed E-state index contributed by atoms with van der Waals surface area (Å²) >= 11 is 2.64. The van der Waals surface area contributed by atoms with E-state index in [1.165, 1.54) is 28.7 Å². The van der Waals surface area contributed by atoms with Gasteiger partial charge in [0, 0.05) is 27.1 Å². The van der Waals surface area contributed by atoms with Crippen molar-refractivity contribution in [2.24, 2.45) is 0 Å². The van der Waals surface area contributed by atoms with Crippen LogP contribution in [0.4, 0.5) is 10.7 Å². The number of thioether (sulfide) groups is 1. The molecule has 0 aliphatic carbocycles. The molecule has 5 rings (SSSR count). The number of nitrogens with zero attached hydrogens (tertiary/aromatic N) is 1. The lowest BCUT2D eigenvalue weighted by molar-refractivity contribution is -0.115. The van der Waals surface area contributed by atoms with Crippen LogP contribution < -0.4 is 16.0 Å². The zero-order chi connectivity index (χ0) is 34.0. The van der Waals surface area contributed by atoms with Gasteiger partial charge < -0.3 is 16.0 Å². The minimum Gasteiger partial charge on any atom is -0.321 e. The maximum atomic E-state index is 13.6. The van der Waals surface area contributed by atoms with Gasteiger partial charge in [0.05, 0.1) is 10.8 Å². The number of carbonyl (C=O) groups is 3. The van der Waals surface area contributed by atoms with Gasteiger partial charge in [-0.2, -0.15) is 5.26 Å². The maximum Gasteiger partial charge on any atom is 0.272 e. The Labute approximate surface area is 288 Å². The van der Waals surface area contributed by atoms with Crippen molar-refractivity contribution in [1.82, 2.24) is 5.32 Å². The number of rotatable bonds is 11. The predicted molar refractivity (Wildman–Crippen MR) is 196 cm³/mol. The standard InChI is InChI=1S/C39H34N4O3S2/c1-25(2)28-19-17-27(18-20-28)21-35(42-37(45)30-13-8-5-9-14-30)38(46)41-31-15-10-16-32(22-31)48-26(3)36(44)43-39-33(23-40)34(24-47-39)29-11-6-4-7-12-29/h4-22,24-26H,1-3H3,(H,41,46)(H,42,45)(H,43,44)/b35-21+. The van der Waals surface area contributed by atoms with Crippen molar-refractivity contribution in [1.29, 1.82) is 5.26 Å². The predicted octanol–water partition coefficient (Wildman–Crippen LogP) is 8.94. The number of nitrogens with one attached hydrogen (secondary N) is 3. The Morgan fingerprint density at radius 2 is 1.52 bits per heavy atom. The van der Waals surface area contributed by atoms with Crippen LogP contribution in [0.5, 0.6) is 0 Å². The maximum absolute atomic E-state index is 13.6. The van der Waals surface area contributed by atoms with Crippen molar-refractivity contribution >= 4 is 57.6 Å². The topological polar surface area (TPSA) is 111 Å². The van der Waals surface area contributed by atoms with E-state index >= 15 is 0 Å². The van der Waals surface area contributed by atoms with Gasteiger partial charge in [-0.05, 0) is 65.9 Å². The average molecular weight is 671 g/mol. The SMILES string of the molecule is CC(Sc1cccc(NC(=O)/C(=C\c2ccc(C(C)C)cc2)NC(=O)c2ccccc2)c1)C(=O)Nc1scc(-c2ccccc2)c1C#N. The van der Waals surface area contributed by atoms with E-state index in [0.717, 1.165) is 21.6 Å². The Hall–Kier alpha value is -5.43. The molecule has 1 heterocycles. The molecule has 48 heavy (non-hydrogen) atoms. The summed E-state index contributed by atoms with van der Waals surface area (Å²) in [6.07, 6.45) is 1.65. The number of carbonyl (C=O) groups excluding carboxylic acids is 3. The monoisotopic (exact) mass is 670 g/mol. The molecule has 3 amide bonds. The fourth-order valence-corrected chi connectivity index (χ4v) is 6.64. The number of amides is 3. The zero-order valence-electron chi connectivity index (χ0n) is 26.7. The minimum absolute atomic E-state index is 0.0890. The van der Waals surface area contributed by atoms with Gasteiger partial charge in [-0.15, -0.1) is 23.1 Å². The molecular weight excluding hydrogens is 637 g/mol. The van der Waals surface area contributed by atoms with E-state index in [2.05, 4.69) is 35.9 Å². The largest absolute Gasteiger partial charge is 0.321 e. The quantitative estimate of drug-likeness (QED) is 0.0960. The van der Waals surface area contributed by atoms with E-state index in [9.17, 15) is 19.6 Å².